The highest BCUT2D eigenvalue weighted by atomic mass is 14.7. The average molecular weight is 513 g/mol. The van der Waals surface area contributed by atoms with E-state index >= 15 is 0 Å². The summed E-state index contributed by atoms with van der Waals surface area (Å²) in [4.78, 5) is 8.92. The van der Waals surface area contributed by atoms with Crippen molar-refractivity contribution in [3.05, 3.63) is 145 Å². The number of hydrogen-bond donors (Lipinski definition) is 0. The molecule has 5 aromatic carbocycles. The predicted molar refractivity (Wildman–Crippen MR) is 168 cm³/mol. The van der Waals surface area contributed by atoms with Crippen LogP contribution in [-0.4, -0.2) is 9.97 Å². The Balaban J connectivity index is 1.45. The molecule has 7 aromatic rings. The molecule has 40 heavy (non-hydrogen) atoms. The molecule has 0 spiro atoms. The van der Waals surface area contributed by atoms with Gasteiger partial charge >= 0.3 is 0 Å². The summed E-state index contributed by atoms with van der Waals surface area (Å²) in [7, 11) is 0. The minimum atomic E-state index is 1.04. The van der Waals surface area contributed by atoms with E-state index in [2.05, 4.69) is 133 Å². The molecule has 0 radical (unpaired) electrons. The summed E-state index contributed by atoms with van der Waals surface area (Å²) in [5.74, 6) is 0. The number of aryl methyl sites for hydroxylation is 2. The van der Waals surface area contributed by atoms with Crippen LogP contribution in [0.15, 0.2) is 134 Å². The van der Waals surface area contributed by atoms with E-state index < -0.39 is 0 Å². The normalized spacial score (nSPS) is 11.2. The van der Waals surface area contributed by atoms with Crippen LogP contribution in [0, 0.1) is 13.8 Å². The van der Waals surface area contributed by atoms with E-state index in [1.807, 2.05) is 24.7 Å². The van der Waals surface area contributed by atoms with Crippen molar-refractivity contribution < 1.29 is 0 Å². The smallest absolute Gasteiger partial charge is 0.0450 e. The van der Waals surface area contributed by atoms with Crippen LogP contribution in [0.3, 0.4) is 0 Å². The molecule has 7 rings (SSSR count). The SMILES string of the molecule is Cc1cncc(-c2ccc(-c3c4ccccc4c(-c4cccc(-c5cccnc5C)c4)c4ccccc34)cc2)c1. The second kappa shape index (κ2) is 9.91. The Bertz CT molecular complexity index is 1960. The van der Waals surface area contributed by atoms with Gasteiger partial charge in [-0.15, -0.1) is 0 Å². The summed E-state index contributed by atoms with van der Waals surface area (Å²) in [6.07, 6.45) is 5.68. The molecule has 0 N–H and O–H groups in total. The summed E-state index contributed by atoms with van der Waals surface area (Å²) in [6, 6.07) is 41.8. The second-order valence-corrected chi connectivity index (χ2v) is 10.4. The zero-order valence-electron chi connectivity index (χ0n) is 22.6. The van der Waals surface area contributed by atoms with Crippen molar-refractivity contribution >= 4 is 21.5 Å². The van der Waals surface area contributed by atoms with Gasteiger partial charge in [0.1, 0.15) is 0 Å². The fraction of sp³-hybridized carbons (Fsp3) is 0.0526. The third-order valence-electron chi connectivity index (χ3n) is 7.78. The Hall–Kier alpha value is -5.08. The Kier molecular flexibility index (Phi) is 5.94. The summed E-state index contributed by atoms with van der Waals surface area (Å²) >= 11 is 0. The monoisotopic (exact) mass is 512 g/mol. The van der Waals surface area contributed by atoms with Gasteiger partial charge in [0.25, 0.3) is 0 Å². The van der Waals surface area contributed by atoms with E-state index in [-0.39, 0.29) is 0 Å². The molecule has 2 aromatic heterocycles. The second-order valence-electron chi connectivity index (χ2n) is 10.4. The molecule has 0 aliphatic carbocycles. The van der Waals surface area contributed by atoms with Crippen molar-refractivity contribution in [3.8, 4) is 44.5 Å². The topological polar surface area (TPSA) is 25.8 Å². The summed E-state index contributed by atoms with van der Waals surface area (Å²) in [5.41, 5.74) is 11.8. The van der Waals surface area contributed by atoms with Crippen LogP contribution in [0.1, 0.15) is 11.3 Å². The van der Waals surface area contributed by atoms with Gasteiger partial charge in [-0.2, -0.15) is 0 Å². The van der Waals surface area contributed by atoms with Gasteiger partial charge in [0.05, 0.1) is 0 Å². The van der Waals surface area contributed by atoms with E-state index in [0.29, 0.717) is 0 Å². The quantitative estimate of drug-likeness (QED) is 0.219. The molecule has 0 atom stereocenters. The standard InChI is InChI=1S/C38H28N2/c1-25-21-31(24-39-23-25)27-16-18-28(19-17-27)37-33-11-3-5-13-35(33)38(36-14-6-4-12-34(36)37)30-10-7-9-29(22-30)32-15-8-20-40-26(32)2/h3-24H,1-2H3. The minimum absolute atomic E-state index is 1.04. The number of benzene rings is 5. The lowest BCUT2D eigenvalue weighted by atomic mass is 9.85. The first-order valence-electron chi connectivity index (χ1n) is 13.7. The predicted octanol–water partition coefficient (Wildman–Crippen LogP) is 10.1. The third kappa shape index (κ3) is 4.15. The molecule has 2 heteroatoms. The van der Waals surface area contributed by atoms with E-state index in [1.54, 1.807) is 0 Å². The molecule has 190 valence electrons. The van der Waals surface area contributed by atoms with Gasteiger partial charge in [-0.05, 0) is 92.5 Å². The lowest BCUT2D eigenvalue weighted by Gasteiger charge is -2.18. The van der Waals surface area contributed by atoms with Crippen molar-refractivity contribution in [1.82, 2.24) is 9.97 Å². The number of nitrogens with zero attached hydrogens (tertiary/aromatic N) is 2. The Labute approximate surface area is 234 Å². The Morgan fingerprint density at radius 1 is 0.450 bits per heavy atom. The molecule has 2 nitrogen and oxygen atoms in total. The average Bonchev–Trinajstić information content (AvgIpc) is 3.00. The maximum Gasteiger partial charge on any atom is 0.0450 e. The van der Waals surface area contributed by atoms with Crippen LogP contribution in [0.25, 0.3) is 66.1 Å². The molecule has 0 aliphatic rings. The minimum Gasteiger partial charge on any atom is -0.264 e. The van der Waals surface area contributed by atoms with E-state index in [1.165, 1.54) is 60.5 Å². The highest BCUT2D eigenvalue weighted by Crippen LogP contribution is 2.44. The van der Waals surface area contributed by atoms with Crippen LogP contribution >= 0.6 is 0 Å². The Morgan fingerprint density at radius 3 is 1.68 bits per heavy atom. The molecular weight excluding hydrogens is 484 g/mol. The molecule has 0 bridgehead atoms. The maximum absolute atomic E-state index is 4.53. The first kappa shape index (κ1) is 24.0. The first-order chi connectivity index (χ1) is 19.7. The van der Waals surface area contributed by atoms with Gasteiger partial charge in [-0.3, -0.25) is 9.97 Å². The summed E-state index contributed by atoms with van der Waals surface area (Å²) in [6.45, 7) is 4.15. The molecule has 0 aliphatic heterocycles. The summed E-state index contributed by atoms with van der Waals surface area (Å²) < 4.78 is 0. The van der Waals surface area contributed by atoms with Crippen molar-refractivity contribution in [1.29, 1.82) is 0 Å². The van der Waals surface area contributed by atoms with Crippen LogP contribution in [0.5, 0.6) is 0 Å². The number of hydrogen-bond acceptors (Lipinski definition) is 2. The lowest BCUT2D eigenvalue weighted by Crippen LogP contribution is -1.92. The van der Waals surface area contributed by atoms with E-state index in [9.17, 15) is 0 Å². The van der Waals surface area contributed by atoms with Crippen LogP contribution in [-0.2, 0) is 0 Å². The largest absolute Gasteiger partial charge is 0.264 e. The fourth-order valence-corrected chi connectivity index (χ4v) is 5.92. The van der Waals surface area contributed by atoms with Crippen LogP contribution in [0.4, 0.5) is 0 Å². The molecule has 0 saturated heterocycles. The van der Waals surface area contributed by atoms with Gasteiger partial charge in [0.15, 0.2) is 0 Å². The zero-order valence-corrected chi connectivity index (χ0v) is 22.6. The zero-order chi connectivity index (χ0) is 27.1. The number of pyridine rings is 2. The molecule has 0 amide bonds. The van der Waals surface area contributed by atoms with Gasteiger partial charge in [0.2, 0.25) is 0 Å². The van der Waals surface area contributed by atoms with E-state index in [4.69, 9.17) is 0 Å². The number of rotatable bonds is 4. The third-order valence-corrected chi connectivity index (χ3v) is 7.78. The molecule has 0 saturated carbocycles. The molecule has 0 unspecified atom stereocenters. The van der Waals surface area contributed by atoms with Crippen LogP contribution in [0.2, 0.25) is 0 Å². The van der Waals surface area contributed by atoms with Gasteiger partial charge < -0.3 is 0 Å². The highest BCUT2D eigenvalue weighted by Gasteiger charge is 2.17. The van der Waals surface area contributed by atoms with Gasteiger partial charge in [-0.1, -0.05) is 97.1 Å². The highest BCUT2D eigenvalue weighted by molar-refractivity contribution is 6.21. The molecule has 0 fully saturated rings. The van der Waals surface area contributed by atoms with Crippen LogP contribution < -0.4 is 0 Å². The van der Waals surface area contributed by atoms with Crippen molar-refractivity contribution in [3.63, 3.8) is 0 Å². The number of fused-ring (bicyclic) bond motifs is 2. The lowest BCUT2D eigenvalue weighted by molar-refractivity contribution is 1.20. The molecule has 2 heterocycles. The Morgan fingerprint density at radius 2 is 1.05 bits per heavy atom. The van der Waals surface area contributed by atoms with Crippen molar-refractivity contribution in [2.24, 2.45) is 0 Å². The van der Waals surface area contributed by atoms with Crippen molar-refractivity contribution in [2.75, 3.05) is 0 Å². The fourth-order valence-electron chi connectivity index (χ4n) is 5.92. The van der Waals surface area contributed by atoms with E-state index in [0.717, 1.165) is 16.8 Å². The summed E-state index contributed by atoms with van der Waals surface area (Å²) in [5, 5.41) is 5.01. The maximum atomic E-state index is 4.53. The van der Waals surface area contributed by atoms with Gasteiger partial charge in [0, 0.05) is 35.4 Å². The number of aromatic nitrogens is 2. The first-order valence-corrected chi connectivity index (χ1v) is 13.7. The van der Waals surface area contributed by atoms with Gasteiger partial charge in [-0.25, -0.2) is 0 Å². The molecular formula is C38H28N2. The van der Waals surface area contributed by atoms with Crippen molar-refractivity contribution in [2.45, 2.75) is 13.8 Å².